The Balaban J connectivity index is 1.61. The molecule has 1 N–H and O–H groups in total. The van der Waals surface area contributed by atoms with E-state index in [4.69, 9.17) is 5.26 Å². The van der Waals surface area contributed by atoms with Crippen molar-refractivity contribution in [2.75, 3.05) is 16.8 Å². The largest absolute Gasteiger partial charge is 0.352 e. The molecule has 1 aliphatic rings. The summed E-state index contributed by atoms with van der Waals surface area (Å²) in [7, 11) is 0. The van der Waals surface area contributed by atoms with Crippen molar-refractivity contribution in [3.8, 4) is 6.07 Å². The molecular formula is C20H18FN7. The summed E-state index contributed by atoms with van der Waals surface area (Å²) in [4.78, 5) is 10.4. The lowest BCUT2D eigenvalue weighted by atomic mass is 10.0. The van der Waals surface area contributed by atoms with E-state index < -0.39 is 5.82 Å². The Morgan fingerprint density at radius 1 is 1.21 bits per heavy atom. The van der Waals surface area contributed by atoms with Crippen LogP contribution in [-0.4, -0.2) is 26.7 Å². The first kappa shape index (κ1) is 17.8. The first-order chi connectivity index (χ1) is 13.6. The molecule has 0 bridgehead atoms. The van der Waals surface area contributed by atoms with Gasteiger partial charge in [-0.05, 0) is 42.7 Å². The number of halogens is 1. The van der Waals surface area contributed by atoms with E-state index >= 15 is 0 Å². The average Bonchev–Trinajstić information content (AvgIpc) is 2.71. The number of pyridine rings is 2. The third-order valence-electron chi connectivity index (χ3n) is 4.99. The van der Waals surface area contributed by atoms with Gasteiger partial charge in [-0.25, -0.2) is 4.39 Å². The number of anilines is 3. The molecule has 28 heavy (non-hydrogen) atoms. The highest BCUT2D eigenvalue weighted by Crippen LogP contribution is 2.28. The van der Waals surface area contributed by atoms with Gasteiger partial charge in [0.15, 0.2) is 17.3 Å². The number of nitriles is 1. The third kappa shape index (κ3) is 3.22. The maximum Gasteiger partial charge on any atom is 0.166 e. The van der Waals surface area contributed by atoms with Crippen molar-refractivity contribution in [1.82, 2.24) is 20.2 Å². The van der Waals surface area contributed by atoms with E-state index in [0.717, 1.165) is 41.2 Å². The van der Waals surface area contributed by atoms with Gasteiger partial charge in [-0.15, -0.1) is 10.2 Å². The number of aromatic nitrogens is 4. The fourth-order valence-electron chi connectivity index (χ4n) is 3.31. The summed E-state index contributed by atoms with van der Waals surface area (Å²) in [6, 6.07) is 5.63. The van der Waals surface area contributed by atoms with Crippen LogP contribution >= 0.6 is 0 Å². The summed E-state index contributed by atoms with van der Waals surface area (Å²) in [5, 5.41) is 20.5. The number of nitrogens with one attached hydrogen (secondary N) is 1. The van der Waals surface area contributed by atoms with Crippen molar-refractivity contribution in [1.29, 1.82) is 5.26 Å². The Morgan fingerprint density at radius 2 is 2.07 bits per heavy atom. The molecule has 4 heterocycles. The van der Waals surface area contributed by atoms with Gasteiger partial charge in [0.05, 0.1) is 23.8 Å². The maximum atomic E-state index is 13.9. The van der Waals surface area contributed by atoms with Gasteiger partial charge in [0, 0.05) is 31.4 Å². The molecule has 0 amide bonds. The van der Waals surface area contributed by atoms with Gasteiger partial charge < -0.3 is 10.2 Å². The normalized spacial score (nSPS) is 13.0. The van der Waals surface area contributed by atoms with Crippen molar-refractivity contribution in [2.45, 2.75) is 26.8 Å². The molecule has 3 aromatic rings. The van der Waals surface area contributed by atoms with E-state index in [1.807, 2.05) is 19.9 Å². The fraction of sp³-hybridized carbons (Fsp3) is 0.250. The predicted octanol–water partition coefficient (Wildman–Crippen LogP) is 3.20. The van der Waals surface area contributed by atoms with Crippen LogP contribution in [0.2, 0.25) is 0 Å². The second-order valence-corrected chi connectivity index (χ2v) is 6.72. The lowest BCUT2D eigenvalue weighted by Crippen LogP contribution is -2.32. The van der Waals surface area contributed by atoms with Gasteiger partial charge in [-0.3, -0.25) is 9.97 Å². The summed E-state index contributed by atoms with van der Waals surface area (Å²) in [5.41, 5.74) is 5.29. The highest BCUT2D eigenvalue weighted by molar-refractivity contribution is 5.61. The molecule has 0 radical (unpaired) electrons. The monoisotopic (exact) mass is 375 g/mol. The second kappa shape index (κ2) is 7.19. The Bertz CT molecular complexity index is 1090. The van der Waals surface area contributed by atoms with Crippen LogP contribution in [-0.2, 0) is 13.0 Å². The third-order valence-corrected chi connectivity index (χ3v) is 4.99. The van der Waals surface area contributed by atoms with E-state index in [0.29, 0.717) is 23.6 Å². The maximum absolute atomic E-state index is 13.9. The Kier molecular flexibility index (Phi) is 4.57. The van der Waals surface area contributed by atoms with Crippen molar-refractivity contribution in [3.05, 3.63) is 64.6 Å². The molecule has 3 aromatic heterocycles. The molecule has 0 saturated heterocycles. The lowest BCUT2D eigenvalue weighted by molar-refractivity contribution is 0.625. The number of fused-ring (bicyclic) bond motifs is 1. The van der Waals surface area contributed by atoms with E-state index in [2.05, 4.69) is 36.5 Å². The Hall–Kier alpha value is -3.60. The van der Waals surface area contributed by atoms with Gasteiger partial charge in [-0.1, -0.05) is 0 Å². The van der Waals surface area contributed by atoms with Crippen LogP contribution in [0.5, 0.6) is 0 Å². The molecule has 1 aliphatic heterocycles. The minimum absolute atomic E-state index is 0.353. The summed E-state index contributed by atoms with van der Waals surface area (Å²) < 4.78 is 13.9. The van der Waals surface area contributed by atoms with Gasteiger partial charge >= 0.3 is 0 Å². The first-order valence-electron chi connectivity index (χ1n) is 8.90. The number of nitrogens with zero attached hydrogens (tertiary/aromatic N) is 6. The summed E-state index contributed by atoms with van der Waals surface area (Å²) in [6.45, 7) is 5.24. The van der Waals surface area contributed by atoms with Crippen LogP contribution < -0.4 is 10.2 Å². The van der Waals surface area contributed by atoms with Gasteiger partial charge in [0.1, 0.15) is 6.07 Å². The molecule has 0 saturated carbocycles. The second-order valence-electron chi connectivity index (χ2n) is 6.72. The smallest absolute Gasteiger partial charge is 0.166 e. The summed E-state index contributed by atoms with van der Waals surface area (Å²) >= 11 is 0. The van der Waals surface area contributed by atoms with Gasteiger partial charge in [-0.2, -0.15) is 5.26 Å². The highest BCUT2D eigenvalue weighted by atomic mass is 19.1. The highest BCUT2D eigenvalue weighted by Gasteiger charge is 2.22. The lowest BCUT2D eigenvalue weighted by Gasteiger charge is -2.30. The standard InChI is InChI=1S/C20H18FN7/c1-12-13(2)20(27-26-19(12)8-22)28-6-4-17-14(11-28)7-15(9-24-17)25-18-3-5-23-10-16(18)21/h3,5,7,9-10H,4,6,11H2,1-2H3,(H,23,25). The Morgan fingerprint density at radius 3 is 2.86 bits per heavy atom. The van der Waals surface area contributed by atoms with Gasteiger partial charge in [0.25, 0.3) is 0 Å². The molecule has 0 fully saturated rings. The molecule has 140 valence electrons. The van der Waals surface area contributed by atoms with Crippen LogP contribution in [0.25, 0.3) is 0 Å². The van der Waals surface area contributed by atoms with E-state index in [1.165, 1.54) is 12.4 Å². The van der Waals surface area contributed by atoms with Crippen LogP contribution in [0.1, 0.15) is 28.1 Å². The van der Waals surface area contributed by atoms with Crippen LogP contribution in [0.3, 0.4) is 0 Å². The van der Waals surface area contributed by atoms with Crippen LogP contribution in [0, 0.1) is 31.0 Å². The van der Waals surface area contributed by atoms with Crippen molar-refractivity contribution >= 4 is 17.2 Å². The quantitative estimate of drug-likeness (QED) is 0.752. The minimum atomic E-state index is -0.416. The zero-order chi connectivity index (χ0) is 19.7. The van der Waals surface area contributed by atoms with Crippen molar-refractivity contribution < 1.29 is 4.39 Å². The summed E-state index contributed by atoms with van der Waals surface area (Å²) in [6.07, 6.45) is 5.20. The molecule has 7 nitrogen and oxygen atoms in total. The molecule has 0 atom stereocenters. The van der Waals surface area contributed by atoms with Gasteiger partial charge in [0.2, 0.25) is 0 Å². The molecule has 8 heteroatoms. The topological polar surface area (TPSA) is 90.6 Å². The molecule has 0 spiro atoms. The predicted molar refractivity (Wildman–Crippen MR) is 103 cm³/mol. The number of hydrogen-bond donors (Lipinski definition) is 1. The van der Waals surface area contributed by atoms with E-state index in [-0.39, 0.29) is 0 Å². The van der Waals surface area contributed by atoms with Crippen molar-refractivity contribution in [2.24, 2.45) is 0 Å². The molecule has 0 aromatic carbocycles. The van der Waals surface area contributed by atoms with Crippen LogP contribution in [0.15, 0.2) is 30.7 Å². The van der Waals surface area contributed by atoms with Crippen molar-refractivity contribution in [3.63, 3.8) is 0 Å². The van der Waals surface area contributed by atoms with E-state index in [1.54, 1.807) is 12.3 Å². The minimum Gasteiger partial charge on any atom is -0.352 e. The SMILES string of the molecule is Cc1c(C#N)nnc(N2CCc3ncc(Nc4ccncc4F)cc3C2)c1C. The Labute approximate surface area is 161 Å². The molecular weight excluding hydrogens is 357 g/mol. The van der Waals surface area contributed by atoms with E-state index in [9.17, 15) is 4.39 Å². The number of hydrogen-bond acceptors (Lipinski definition) is 7. The molecule has 0 aliphatic carbocycles. The molecule has 4 rings (SSSR count). The van der Waals surface area contributed by atoms with Crippen LogP contribution in [0.4, 0.5) is 21.6 Å². The zero-order valence-electron chi connectivity index (χ0n) is 15.6. The fourth-order valence-corrected chi connectivity index (χ4v) is 3.31. The summed E-state index contributed by atoms with van der Waals surface area (Å²) in [5.74, 6) is 0.362. The number of rotatable bonds is 3. The molecule has 0 unspecified atom stereocenters. The average molecular weight is 375 g/mol. The zero-order valence-corrected chi connectivity index (χ0v) is 15.6. The first-order valence-corrected chi connectivity index (χ1v) is 8.90.